The first-order valence-electron chi connectivity index (χ1n) is 13.5. The normalized spacial score (nSPS) is 12.0. The average molecular weight is 530 g/mol. The summed E-state index contributed by atoms with van der Waals surface area (Å²) < 4.78 is 1.65. The lowest BCUT2D eigenvalue weighted by Crippen LogP contribution is -2.38. The Bertz CT molecular complexity index is 1450. The maximum absolute atomic E-state index is 13.9. The Labute approximate surface area is 230 Å². The van der Waals surface area contributed by atoms with Crippen LogP contribution in [0.25, 0.3) is 16.6 Å². The van der Waals surface area contributed by atoms with Gasteiger partial charge in [-0.3, -0.25) is 14.2 Å². The van der Waals surface area contributed by atoms with Crippen molar-refractivity contribution in [3.63, 3.8) is 0 Å². The van der Waals surface area contributed by atoms with E-state index in [4.69, 9.17) is 16.6 Å². The highest BCUT2D eigenvalue weighted by atomic mass is 35.5. The maximum Gasteiger partial charge on any atom is 0.266 e. The molecule has 1 unspecified atom stereocenters. The van der Waals surface area contributed by atoms with Crippen LogP contribution in [0, 0.1) is 6.92 Å². The second-order valence-corrected chi connectivity index (χ2v) is 10.2. The van der Waals surface area contributed by atoms with E-state index in [9.17, 15) is 9.59 Å². The zero-order valence-electron chi connectivity index (χ0n) is 22.5. The molecule has 198 valence electrons. The summed E-state index contributed by atoms with van der Waals surface area (Å²) in [6.07, 6.45) is 5.28. The highest BCUT2D eigenvalue weighted by molar-refractivity contribution is 6.31. The van der Waals surface area contributed by atoms with Crippen molar-refractivity contribution in [1.29, 1.82) is 0 Å². The minimum atomic E-state index is -0.407. The number of halogens is 1. The third-order valence-corrected chi connectivity index (χ3v) is 7.58. The van der Waals surface area contributed by atoms with Gasteiger partial charge in [0, 0.05) is 18.0 Å². The van der Waals surface area contributed by atoms with E-state index in [1.54, 1.807) is 10.6 Å². The van der Waals surface area contributed by atoms with Gasteiger partial charge in [-0.2, -0.15) is 0 Å². The molecule has 0 aliphatic carbocycles. The first-order chi connectivity index (χ1) is 18.4. The summed E-state index contributed by atoms with van der Waals surface area (Å²) in [7, 11) is 0. The Morgan fingerprint density at radius 2 is 1.71 bits per heavy atom. The SMILES string of the molecule is CCCCCCN(C(=O)CCc1ccccc1)C(C)c1nc2ccccc2c(=O)n1-c1cccc(Cl)c1C. The van der Waals surface area contributed by atoms with Crippen LogP contribution in [0.4, 0.5) is 0 Å². The molecule has 1 atom stereocenters. The molecule has 0 fully saturated rings. The number of nitrogens with zero attached hydrogens (tertiary/aromatic N) is 3. The molecular weight excluding hydrogens is 494 g/mol. The summed E-state index contributed by atoms with van der Waals surface area (Å²) in [5.41, 5.74) is 3.08. The van der Waals surface area contributed by atoms with Gasteiger partial charge in [0.1, 0.15) is 5.82 Å². The predicted octanol–water partition coefficient (Wildman–Crippen LogP) is 7.45. The summed E-state index contributed by atoms with van der Waals surface area (Å²) >= 11 is 6.48. The fourth-order valence-corrected chi connectivity index (χ4v) is 5.09. The Balaban J connectivity index is 1.78. The number of carbonyl (C=O) groups excluding carboxylic acids is 1. The minimum Gasteiger partial charge on any atom is -0.333 e. The third kappa shape index (κ3) is 6.16. The summed E-state index contributed by atoms with van der Waals surface area (Å²) in [6.45, 7) is 6.68. The molecule has 0 bridgehead atoms. The average Bonchev–Trinajstić information content (AvgIpc) is 2.94. The van der Waals surface area contributed by atoms with E-state index in [0.717, 1.165) is 36.8 Å². The van der Waals surface area contributed by atoms with Crippen molar-refractivity contribution in [2.45, 2.75) is 65.3 Å². The van der Waals surface area contributed by atoms with E-state index in [0.29, 0.717) is 46.8 Å². The predicted molar refractivity (Wildman–Crippen MR) is 156 cm³/mol. The second kappa shape index (κ2) is 12.9. The number of fused-ring (bicyclic) bond motifs is 1. The van der Waals surface area contributed by atoms with Crippen LogP contribution in [-0.2, 0) is 11.2 Å². The van der Waals surface area contributed by atoms with Gasteiger partial charge in [0.15, 0.2) is 0 Å². The van der Waals surface area contributed by atoms with E-state index < -0.39 is 6.04 Å². The van der Waals surface area contributed by atoms with Crippen molar-refractivity contribution in [2.75, 3.05) is 6.54 Å². The number of unbranched alkanes of at least 4 members (excludes halogenated alkanes) is 3. The molecule has 0 spiro atoms. The van der Waals surface area contributed by atoms with Crippen LogP contribution < -0.4 is 5.56 Å². The number of hydrogen-bond donors (Lipinski definition) is 0. The molecule has 5 nitrogen and oxygen atoms in total. The summed E-state index contributed by atoms with van der Waals surface area (Å²) in [5, 5.41) is 1.12. The van der Waals surface area contributed by atoms with Crippen LogP contribution in [0.5, 0.6) is 0 Å². The van der Waals surface area contributed by atoms with Crippen LogP contribution in [0.1, 0.15) is 68.9 Å². The maximum atomic E-state index is 13.9. The van der Waals surface area contributed by atoms with Gasteiger partial charge in [-0.25, -0.2) is 4.98 Å². The van der Waals surface area contributed by atoms with E-state index in [1.807, 2.05) is 85.5 Å². The van der Waals surface area contributed by atoms with Gasteiger partial charge in [-0.05, 0) is 62.1 Å². The molecule has 0 N–H and O–H groups in total. The Hall–Kier alpha value is -3.44. The van der Waals surface area contributed by atoms with Gasteiger partial charge in [0.05, 0.1) is 22.6 Å². The number of para-hydroxylation sites is 1. The van der Waals surface area contributed by atoms with Gasteiger partial charge in [-0.15, -0.1) is 0 Å². The number of carbonyl (C=O) groups is 1. The molecule has 0 saturated heterocycles. The van der Waals surface area contributed by atoms with Crippen LogP contribution in [-0.4, -0.2) is 26.9 Å². The lowest BCUT2D eigenvalue weighted by Gasteiger charge is -2.31. The fourth-order valence-electron chi connectivity index (χ4n) is 4.92. The first-order valence-corrected chi connectivity index (χ1v) is 13.9. The van der Waals surface area contributed by atoms with Gasteiger partial charge < -0.3 is 4.90 Å². The van der Waals surface area contributed by atoms with Crippen molar-refractivity contribution in [2.24, 2.45) is 0 Å². The van der Waals surface area contributed by atoms with Crippen LogP contribution in [0.3, 0.4) is 0 Å². The lowest BCUT2D eigenvalue weighted by molar-refractivity contribution is -0.133. The van der Waals surface area contributed by atoms with Gasteiger partial charge >= 0.3 is 0 Å². The van der Waals surface area contributed by atoms with Gasteiger partial charge in [-0.1, -0.05) is 86.3 Å². The number of aromatic nitrogens is 2. The number of rotatable bonds is 11. The van der Waals surface area contributed by atoms with E-state index in [-0.39, 0.29) is 11.5 Å². The molecule has 3 aromatic carbocycles. The summed E-state index contributed by atoms with van der Waals surface area (Å²) in [4.78, 5) is 34.5. The number of amides is 1. The number of aryl methyl sites for hydroxylation is 1. The topological polar surface area (TPSA) is 55.2 Å². The molecule has 4 rings (SSSR count). The van der Waals surface area contributed by atoms with Crippen molar-refractivity contribution in [3.05, 3.63) is 105 Å². The lowest BCUT2D eigenvalue weighted by atomic mass is 10.1. The Morgan fingerprint density at radius 1 is 0.974 bits per heavy atom. The Kier molecular flexibility index (Phi) is 9.35. The minimum absolute atomic E-state index is 0.0645. The van der Waals surface area contributed by atoms with Crippen LogP contribution in [0.2, 0.25) is 5.02 Å². The second-order valence-electron chi connectivity index (χ2n) is 9.82. The largest absolute Gasteiger partial charge is 0.333 e. The molecule has 4 aromatic rings. The smallest absolute Gasteiger partial charge is 0.266 e. The quantitative estimate of drug-likeness (QED) is 0.190. The van der Waals surface area contributed by atoms with Crippen molar-refractivity contribution >= 4 is 28.4 Å². The van der Waals surface area contributed by atoms with E-state index in [1.165, 1.54) is 0 Å². The summed E-state index contributed by atoms with van der Waals surface area (Å²) in [5.74, 6) is 0.609. The monoisotopic (exact) mass is 529 g/mol. The van der Waals surface area contributed by atoms with Crippen molar-refractivity contribution in [3.8, 4) is 5.69 Å². The van der Waals surface area contributed by atoms with Crippen molar-refractivity contribution in [1.82, 2.24) is 14.5 Å². The molecule has 1 amide bonds. The fraction of sp³-hybridized carbons (Fsp3) is 0.344. The molecule has 0 radical (unpaired) electrons. The highest BCUT2D eigenvalue weighted by Crippen LogP contribution is 2.28. The number of hydrogen-bond acceptors (Lipinski definition) is 3. The van der Waals surface area contributed by atoms with Crippen LogP contribution in [0.15, 0.2) is 77.6 Å². The third-order valence-electron chi connectivity index (χ3n) is 7.17. The molecule has 38 heavy (non-hydrogen) atoms. The molecule has 0 saturated carbocycles. The molecule has 1 heterocycles. The zero-order valence-corrected chi connectivity index (χ0v) is 23.2. The standard InChI is InChI=1S/C32H36ClN3O2/c1-4-5-6-12-22-35(30(37)21-20-25-14-8-7-9-15-25)24(3)31-34-28-18-11-10-16-26(28)32(38)36(31)29-19-13-17-27(33)23(29)2/h7-11,13-19,24H,4-6,12,20-22H2,1-3H3. The van der Waals surface area contributed by atoms with Gasteiger partial charge in [0.25, 0.3) is 5.56 Å². The molecule has 0 aliphatic heterocycles. The van der Waals surface area contributed by atoms with Crippen LogP contribution >= 0.6 is 11.6 Å². The van der Waals surface area contributed by atoms with E-state index >= 15 is 0 Å². The zero-order chi connectivity index (χ0) is 27.1. The Morgan fingerprint density at radius 3 is 2.47 bits per heavy atom. The van der Waals surface area contributed by atoms with Crippen molar-refractivity contribution < 1.29 is 4.79 Å². The van der Waals surface area contributed by atoms with Gasteiger partial charge in [0.2, 0.25) is 5.91 Å². The summed E-state index contributed by atoms with van der Waals surface area (Å²) in [6, 6.07) is 22.6. The first kappa shape index (κ1) is 27.6. The molecule has 1 aromatic heterocycles. The molecule has 6 heteroatoms. The molecular formula is C32H36ClN3O2. The highest BCUT2D eigenvalue weighted by Gasteiger charge is 2.27. The van der Waals surface area contributed by atoms with E-state index in [2.05, 4.69) is 6.92 Å². The number of benzene rings is 3. The molecule has 0 aliphatic rings.